The summed E-state index contributed by atoms with van der Waals surface area (Å²) in [5.41, 5.74) is 2.50. The predicted molar refractivity (Wildman–Crippen MR) is 75.7 cm³/mol. The third-order valence-corrected chi connectivity index (χ3v) is 3.01. The Morgan fingerprint density at radius 3 is 2.37 bits per heavy atom. The maximum atomic E-state index is 12.3. The molecule has 0 spiro atoms. The van der Waals surface area contributed by atoms with Crippen LogP contribution in [0.1, 0.15) is 21.6 Å². The van der Waals surface area contributed by atoms with Crippen LogP contribution in [0.5, 0.6) is 0 Å². The Bertz CT molecular complexity index is 657. The average molecular weight is 256 g/mol. The van der Waals surface area contributed by atoms with E-state index in [1.165, 1.54) is 17.2 Å². The molecular formula is C15H16N2O2. The maximum absolute atomic E-state index is 12.3. The van der Waals surface area contributed by atoms with Crippen molar-refractivity contribution in [2.75, 3.05) is 11.9 Å². The van der Waals surface area contributed by atoms with E-state index in [1.54, 1.807) is 14.0 Å². The van der Waals surface area contributed by atoms with E-state index in [9.17, 15) is 9.59 Å². The summed E-state index contributed by atoms with van der Waals surface area (Å²) in [6.45, 7) is 3.76. The van der Waals surface area contributed by atoms with Gasteiger partial charge in [-0.25, -0.2) is 0 Å². The quantitative estimate of drug-likeness (QED) is 0.896. The van der Waals surface area contributed by atoms with Gasteiger partial charge in [-0.3, -0.25) is 9.59 Å². The summed E-state index contributed by atoms with van der Waals surface area (Å²) in [6.07, 6.45) is 1.46. The molecule has 1 aromatic carbocycles. The van der Waals surface area contributed by atoms with Crippen molar-refractivity contribution in [1.29, 1.82) is 0 Å². The van der Waals surface area contributed by atoms with Gasteiger partial charge >= 0.3 is 0 Å². The number of amides is 1. The predicted octanol–water partition coefficient (Wildman–Crippen LogP) is 2.27. The van der Waals surface area contributed by atoms with E-state index >= 15 is 0 Å². The van der Waals surface area contributed by atoms with Crippen LogP contribution in [0, 0.1) is 13.8 Å². The van der Waals surface area contributed by atoms with Crippen molar-refractivity contribution in [2.45, 2.75) is 13.8 Å². The van der Waals surface area contributed by atoms with Crippen molar-refractivity contribution < 1.29 is 4.79 Å². The van der Waals surface area contributed by atoms with Crippen molar-refractivity contribution >= 4 is 11.6 Å². The third kappa shape index (κ3) is 2.73. The number of rotatable bonds is 2. The fourth-order valence-electron chi connectivity index (χ4n) is 1.81. The molecule has 0 saturated carbocycles. The minimum absolute atomic E-state index is 0.147. The van der Waals surface area contributed by atoms with Crippen LogP contribution < -0.4 is 10.3 Å². The molecule has 2 aromatic rings. The number of carbonyl (C=O) groups excluding carboxylic acids is 1. The number of hydrogen-bond acceptors (Lipinski definition) is 2. The molecule has 0 aliphatic carbocycles. The minimum atomic E-state index is -0.315. The molecule has 19 heavy (non-hydrogen) atoms. The number of H-pyrrole nitrogens is 1. The molecule has 0 aliphatic rings. The highest BCUT2D eigenvalue weighted by atomic mass is 16.2. The average Bonchev–Trinajstić information content (AvgIpc) is 2.38. The van der Waals surface area contributed by atoms with Crippen LogP contribution >= 0.6 is 0 Å². The summed E-state index contributed by atoms with van der Waals surface area (Å²) in [5, 5.41) is 0. The number of aromatic amines is 1. The molecule has 0 aliphatic heterocycles. The first-order valence-electron chi connectivity index (χ1n) is 6.03. The lowest BCUT2D eigenvalue weighted by Crippen LogP contribution is -2.30. The lowest BCUT2D eigenvalue weighted by atomic mass is 10.2. The molecule has 1 N–H and O–H groups in total. The molecule has 0 fully saturated rings. The van der Waals surface area contributed by atoms with Crippen molar-refractivity contribution in [2.24, 2.45) is 0 Å². The lowest BCUT2D eigenvalue weighted by Gasteiger charge is -2.17. The minimum Gasteiger partial charge on any atom is -0.364 e. The van der Waals surface area contributed by atoms with Crippen molar-refractivity contribution in [3.05, 3.63) is 63.6 Å². The fourth-order valence-corrected chi connectivity index (χ4v) is 1.81. The summed E-state index contributed by atoms with van der Waals surface area (Å²) in [6, 6.07) is 9.00. The van der Waals surface area contributed by atoms with Gasteiger partial charge in [-0.15, -0.1) is 0 Å². The standard InChI is InChI=1S/C15H16N2O2/c1-10-4-6-12(7-5-10)17(3)15(19)13-9-16-11(2)8-14(13)18/h4-9H,1-3H3,(H,16,18). The van der Waals surface area contributed by atoms with Gasteiger partial charge in [0.05, 0.1) is 0 Å². The number of benzene rings is 1. The second-order valence-corrected chi connectivity index (χ2v) is 4.59. The second kappa shape index (κ2) is 5.10. The first kappa shape index (κ1) is 13.1. The first-order valence-corrected chi connectivity index (χ1v) is 6.03. The van der Waals surface area contributed by atoms with Crippen LogP contribution in [0.15, 0.2) is 41.3 Å². The van der Waals surface area contributed by atoms with Crippen LogP contribution in [0.2, 0.25) is 0 Å². The Hall–Kier alpha value is -2.36. The van der Waals surface area contributed by atoms with E-state index in [2.05, 4.69) is 4.98 Å². The molecule has 4 nitrogen and oxygen atoms in total. The summed E-state index contributed by atoms with van der Waals surface area (Å²) in [5.74, 6) is -0.315. The SMILES string of the molecule is Cc1ccc(N(C)C(=O)c2c[nH]c(C)cc2=O)cc1. The number of aromatic nitrogens is 1. The molecule has 0 unspecified atom stereocenters. The number of anilines is 1. The molecule has 1 heterocycles. The Kier molecular flexibility index (Phi) is 3.51. The number of hydrogen-bond donors (Lipinski definition) is 1. The molecule has 0 saturated heterocycles. The number of pyridine rings is 1. The Morgan fingerprint density at radius 2 is 1.79 bits per heavy atom. The van der Waals surface area contributed by atoms with Crippen LogP contribution in [0.25, 0.3) is 0 Å². The van der Waals surface area contributed by atoms with Gasteiger partial charge in [0.25, 0.3) is 5.91 Å². The molecule has 98 valence electrons. The van der Waals surface area contributed by atoms with Crippen LogP contribution in [0.4, 0.5) is 5.69 Å². The topological polar surface area (TPSA) is 53.2 Å². The molecule has 0 radical (unpaired) electrons. The first-order chi connectivity index (χ1) is 8.99. The highest BCUT2D eigenvalue weighted by Gasteiger charge is 2.16. The zero-order chi connectivity index (χ0) is 14.0. The molecule has 4 heteroatoms. The van der Waals surface area contributed by atoms with Crippen molar-refractivity contribution in [3.8, 4) is 0 Å². The molecule has 1 amide bonds. The third-order valence-electron chi connectivity index (χ3n) is 3.01. The van der Waals surface area contributed by atoms with Gasteiger partial charge in [-0.2, -0.15) is 0 Å². The molecule has 2 rings (SSSR count). The largest absolute Gasteiger partial charge is 0.364 e. The van der Waals surface area contributed by atoms with Gasteiger partial charge in [0.15, 0.2) is 5.43 Å². The van der Waals surface area contributed by atoms with Crippen LogP contribution in [-0.4, -0.2) is 17.9 Å². The van der Waals surface area contributed by atoms with Gasteiger partial charge in [0.2, 0.25) is 0 Å². The Morgan fingerprint density at radius 1 is 1.16 bits per heavy atom. The van der Waals surface area contributed by atoms with Gasteiger partial charge in [-0.1, -0.05) is 17.7 Å². The van der Waals surface area contributed by atoms with Crippen molar-refractivity contribution in [1.82, 2.24) is 4.98 Å². The number of aryl methyl sites for hydroxylation is 2. The zero-order valence-electron chi connectivity index (χ0n) is 11.2. The maximum Gasteiger partial charge on any atom is 0.263 e. The fraction of sp³-hybridized carbons (Fsp3) is 0.200. The number of nitrogens with zero attached hydrogens (tertiary/aromatic N) is 1. The Balaban J connectivity index is 2.33. The molecule has 1 aromatic heterocycles. The summed E-state index contributed by atoms with van der Waals surface area (Å²) < 4.78 is 0. The van der Waals surface area contributed by atoms with Crippen LogP contribution in [0.3, 0.4) is 0 Å². The van der Waals surface area contributed by atoms with E-state index in [0.717, 1.165) is 16.9 Å². The van der Waals surface area contributed by atoms with E-state index in [-0.39, 0.29) is 16.9 Å². The molecular weight excluding hydrogens is 240 g/mol. The molecule has 0 bridgehead atoms. The zero-order valence-corrected chi connectivity index (χ0v) is 11.2. The summed E-state index contributed by atoms with van der Waals surface area (Å²) in [7, 11) is 1.66. The van der Waals surface area contributed by atoms with Crippen LogP contribution in [-0.2, 0) is 0 Å². The van der Waals surface area contributed by atoms with Crippen molar-refractivity contribution in [3.63, 3.8) is 0 Å². The van der Waals surface area contributed by atoms with Gasteiger partial charge in [0, 0.05) is 30.7 Å². The van der Waals surface area contributed by atoms with E-state index in [0.29, 0.717) is 0 Å². The summed E-state index contributed by atoms with van der Waals surface area (Å²) in [4.78, 5) is 28.4. The van der Waals surface area contributed by atoms with E-state index in [4.69, 9.17) is 0 Å². The number of nitrogens with one attached hydrogen (secondary N) is 1. The van der Waals surface area contributed by atoms with Gasteiger partial charge in [0.1, 0.15) is 5.56 Å². The lowest BCUT2D eigenvalue weighted by molar-refractivity contribution is 0.0991. The monoisotopic (exact) mass is 256 g/mol. The Labute approximate surface area is 111 Å². The highest BCUT2D eigenvalue weighted by Crippen LogP contribution is 2.15. The summed E-state index contributed by atoms with van der Waals surface area (Å²) >= 11 is 0. The second-order valence-electron chi connectivity index (χ2n) is 4.59. The molecule has 0 atom stereocenters. The normalized spacial score (nSPS) is 10.3. The highest BCUT2D eigenvalue weighted by molar-refractivity contribution is 6.05. The van der Waals surface area contributed by atoms with E-state index in [1.807, 2.05) is 31.2 Å². The smallest absolute Gasteiger partial charge is 0.263 e. The van der Waals surface area contributed by atoms with Gasteiger partial charge < -0.3 is 9.88 Å². The van der Waals surface area contributed by atoms with E-state index < -0.39 is 0 Å². The van der Waals surface area contributed by atoms with Gasteiger partial charge in [-0.05, 0) is 26.0 Å². The number of carbonyl (C=O) groups is 1.